The summed E-state index contributed by atoms with van der Waals surface area (Å²) in [6.07, 6.45) is 13.7. The van der Waals surface area contributed by atoms with Gasteiger partial charge >= 0.3 is 0 Å². The second-order valence-corrected chi connectivity index (χ2v) is 9.53. The third kappa shape index (κ3) is 3.82. The van der Waals surface area contributed by atoms with Gasteiger partial charge in [0.1, 0.15) is 5.82 Å². The SMILES string of the molecule is Fc1ccc(CCN(Cn2cccn2)CC23CC4CC(CC(C4)C2)C3)cc1. The number of nitrogens with zero attached hydrogens (tertiary/aromatic N) is 3. The van der Waals surface area contributed by atoms with Crippen molar-refractivity contribution in [2.45, 2.75) is 51.6 Å². The molecule has 2 aromatic rings. The molecule has 144 valence electrons. The zero-order chi connectivity index (χ0) is 18.3. The van der Waals surface area contributed by atoms with Crippen LogP contribution in [0.25, 0.3) is 0 Å². The lowest BCUT2D eigenvalue weighted by molar-refractivity contribution is -0.0731. The quantitative estimate of drug-likeness (QED) is 0.705. The van der Waals surface area contributed by atoms with Gasteiger partial charge in [-0.05, 0) is 91.9 Å². The van der Waals surface area contributed by atoms with Crippen LogP contribution in [0.1, 0.15) is 44.1 Å². The number of hydrogen-bond acceptors (Lipinski definition) is 2. The fraction of sp³-hybridized carbons (Fsp3) is 0.609. The van der Waals surface area contributed by atoms with Crippen LogP contribution in [-0.2, 0) is 13.1 Å². The molecule has 4 aliphatic rings. The number of aromatic nitrogens is 2. The highest BCUT2D eigenvalue weighted by Crippen LogP contribution is 2.60. The van der Waals surface area contributed by atoms with Gasteiger partial charge in [0, 0.05) is 25.5 Å². The first-order valence-electron chi connectivity index (χ1n) is 10.6. The van der Waals surface area contributed by atoms with Crippen molar-refractivity contribution < 1.29 is 4.39 Å². The van der Waals surface area contributed by atoms with Crippen molar-refractivity contribution in [1.82, 2.24) is 14.7 Å². The maximum absolute atomic E-state index is 13.2. The van der Waals surface area contributed by atoms with Crippen molar-refractivity contribution in [2.24, 2.45) is 23.2 Å². The molecule has 27 heavy (non-hydrogen) atoms. The van der Waals surface area contributed by atoms with Gasteiger partial charge in [-0.2, -0.15) is 5.10 Å². The van der Waals surface area contributed by atoms with E-state index >= 15 is 0 Å². The molecule has 0 spiro atoms. The summed E-state index contributed by atoms with van der Waals surface area (Å²) in [5, 5.41) is 4.44. The Kier molecular flexibility index (Phi) is 4.55. The summed E-state index contributed by atoms with van der Waals surface area (Å²) in [6.45, 7) is 3.06. The summed E-state index contributed by atoms with van der Waals surface area (Å²) in [5.41, 5.74) is 1.75. The zero-order valence-electron chi connectivity index (χ0n) is 16.1. The van der Waals surface area contributed by atoms with E-state index in [2.05, 4.69) is 16.2 Å². The Labute approximate surface area is 161 Å². The summed E-state index contributed by atoms with van der Waals surface area (Å²) in [4.78, 5) is 2.60. The Balaban J connectivity index is 1.30. The number of rotatable bonds is 7. The third-order valence-corrected chi connectivity index (χ3v) is 7.26. The number of benzene rings is 1. The first-order valence-corrected chi connectivity index (χ1v) is 10.6. The van der Waals surface area contributed by atoms with Crippen LogP contribution >= 0.6 is 0 Å². The second-order valence-electron chi connectivity index (χ2n) is 9.53. The molecule has 0 unspecified atom stereocenters. The average molecular weight is 368 g/mol. The van der Waals surface area contributed by atoms with Gasteiger partial charge in [0.25, 0.3) is 0 Å². The maximum Gasteiger partial charge on any atom is 0.123 e. The lowest BCUT2D eigenvalue weighted by Crippen LogP contribution is -2.51. The summed E-state index contributed by atoms with van der Waals surface area (Å²) in [5.74, 6) is 2.81. The molecular weight excluding hydrogens is 337 g/mol. The molecule has 4 heteroatoms. The molecule has 1 heterocycles. The fourth-order valence-corrected chi connectivity index (χ4v) is 6.69. The standard InChI is InChI=1S/C23H30FN3/c24-22-4-2-18(3-5-22)6-9-26(17-27-8-1-7-25-27)16-23-13-19-10-20(14-23)12-21(11-19)15-23/h1-5,7-8,19-21H,6,9-17H2. The van der Waals surface area contributed by atoms with Crippen molar-refractivity contribution in [3.63, 3.8) is 0 Å². The molecule has 0 aliphatic heterocycles. The highest BCUT2D eigenvalue weighted by molar-refractivity contribution is 5.16. The molecule has 4 aliphatic carbocycles. The van der Waals surface area contributed by atoms with Crippen LogP contribution in [0.3, 0.4) is 0 Å². The second kappa shape index (κ2) is 7.05. The molecule has 0 amide bonds. The van der Waals surface area contributed by atoms with E-state index in [4.69, 9.17) is 0 Å². The van der Waals surface area contributed by atoms with Gasteiger partial charge in [-0.15, -0.1) is 0 Å². The Morgan fingerprint density at radius 2 is 1.70 bits per heavy atom. The van der Waals surface area contributed by atoms with Crippen molar-refractivity contribution in [3.8, 4) is 0 Å². The first kappa shape index (κ1) is 17.4. The summed E-state index contributed by atoms with van der Waals surface area (Å²) in [7, 11) is 0. The van der Waals surface area contributed by atoms with Crippen LogP contribution in [0.2, 0.25) is 0 Å². The highest BCUT2D eigenvalue weighted by Gasteiger charge is 2.51. The Bertz CT molecular complexity index is 717. The summed E-state index contributed by atoms with van der Waals surface area (Å²) >= 11 is 0. The van der Waals surface area contributed by atoms with Gasteiger partial charge in [-0.3, -0.25) is 9.58 Å². The molecule has 0 radical (unpaired) electrons. The van der Waals surface area contributed by atoms with E-state index < -0.39 is 0 Å². The minimum absolute atomic E-state index is 0.152. The van der Waals surface area contributed by atoms with E-state index in [0.29, 0.717) is 5.41 Å². The third-order valence-electron chi connectivity index (χ3n) is 7.26. The van der Waals surface area contributed by atoms with E-state index in [1.54, 1.807) is 12.1 Å². The molecule has 1 aromatic heterocycles. The lowest BCUT2D eigenvalue weighted by Gasteiger charge is -2.58. The van der Waals surface area contributed by atoms with Crippen LogP contribution in [0.15, 0.2) is 42.7 Å². The normalized spacial score (nSPS) is 31.7. The summed E-state index contributed by atoms with van der Waals surface area (Å²) in [6, 6.07) is 9.00. The van der Waals surface area contributed by atoms with Crippen molar-refractivity contribution in [1.29, 1.82) is 0 Å². The molecule has 6 rings (SSSR count). The Hall–Kier alpha value is -1.68. The van der Waals surface area contributed by atoms with E-state index in [0.717, 1.165) is 37.4 Å². The average Bonchev–Trinajstić information content (AvgIpc) is 3.12. The van der Waals surface area contributed by atoms with E-state index in [9.17, 15) is 4.39 Å². The minimum Gasteiger partial charge on any atom is -0.284 e. The lowest BCUT2D eigenvalue weighted by atomic mass is 9.49. The van der Waals surface area contributed by atoms with E-state index in [1.165, 1.54) is 50.6 Å². The van der Waals surface area contributed by atoms with Crippen LogP contribution in [0.5, 0.6) is 0 Å². The van der Waals surface area contributed by atoms with Gasteiger partial charge in [-0.25, -0.2) is 4.39 Å². The molecule has 0 saturated heterocycles. The zero-order valence-corrected chi connectivity index (χ0v) is 16.1. The Morgan fingerprint density at radius 1 is 1.04 bits per heavy atom. The fourth-order valence-electron chi connectivity index (χ4n) is 6.69. The predicted octanol–water partition coefficient (Wildman–Crippen LogP) is 4.74. The largest absolute Gasteiger partial charge is 0.284 e. The maximum atomic E-state index is 13.2. The van der Waals surface area contributed by atoms with Gasteiger partial charge < -0.3 is 0 Å². The first-order chi connectivity index (χ1) is 13.2. The number of halogens is 1. The monoisotopic (exact) mass is 367 g/mol. The highest BCUT2D eigenvalue weighted by atomic mass is 19.1. The van der Waals surface area contributed by atoms with Crippen LogP contribution in [0.4, 0.5) is 4.39 Å². The smallest absolute Gasteiger partial charge is 0.123 e. The summed E-state index contributed by atoms with van der Waals surface area (Å²) < 4.78 is 15.3. The topological polar surface area (TPSA) is 21.1 Å². The van der Waals surface area contributed by atoms with Crippen LogP contribution in [0, 0.1) is 29.0 Å². The van der Waals surface area contributed by atoms with Crippen molar-refractivity contribution >= 4 is 0 Å². The molecule has 0 N–H and O–H groups in total. The molecule has 4 saturated carbocycles. The van der Waals surface area contributed by atoms with Crippen LogP contribution < -0.4 is 0 Å². The van der Waals surface area contributed by atoms with Crippen molar-refractivity contribution in [2.75, 3.05) is 13.1 Å². The van der Waals surface area contributed by atoms with Gasteiger partial charge in [0.05, 0.1) is 6.67 Å². The Morgan fingerprint density at radius 3 is 2.30 bits per heavy atom. The molecular formula is C23H30FN3. The van der Waals surface area contributed by atoms with E-state index in [1.807, 2.05) is 29.1 Å². The van der Waals surface area contributed by atoms with Crippen molar-refractivity contribution in [3.05, 3.63) is 54.1 Å². The number of hydrogen-bond donors (Lipinski definition) is 0. The van der Waals surface area contributed by atoms with E-state index in [-0.39, 0.29) is 5.82 Å². The van der Waals surface area contributed by atoms with Gasteiger partial charge in [0.2, 0.25) is 0 Å². The molecule has 4 bridgehead atoms. The van der Waals surface area contributed by atoms with Gasteiger partial charge in [0.15, 0.2) is 0 Å². The minimum atomic E-state index is -0.152. The molecule has 3 nitrogen and oxygen atoms in total. The molecule has 1 aromatic carbocycles. The molecule has 0 atom stereocenters. The molecule has 4 fully saturated rings. The van der Waals surface area contributed by atoms with Gasteiger partial charge in [-0.1, -0.05) is 12.1 Å². The predicted molar refractivity (Wildman–Crippen MR) is 105 cm³/mol. The van der Waals surface area contributed by atoms with Crippen LogP contribution in [-0.4, -0.2) is 27.8 Å².